The Morgan fingerprint density at radius 3 is 1.16 bits per heavy atom. The van der Waals surface area contributed by atoms with E-state index in [1.165, 1.54) is 0 Å². The maximum absolute atomic E-state index is 12.7. The number of aliphatic hydroxyl groups is 1. The van der Waals surface area contributed by atoms with Crippen molar-refractivity contribution in [2.24, 2.45) is 0 Å². The van der Waals surface area contributed by atoms with E-state index < -0.39 is 27.3 Å². The second-order valence-corrected chi connectivity index (χ2v) is 21.9. The lowest BCUT2D eigenvalue weighted by molar-refractivity contribution is -0.0604. The largest absolute Gasteiger partial charge is 0.424 e. The number of benzene rings is 4. The minimum absolute atomic E-state index is 0.0358. The van der Waals surface area contributed by atoms with Gasteiger partial charge in [-0.2, -0.15) is 0 Å². The topological polar surface area (TPSA) is 69.9 Å². The first-order valence-electron chi connectivity index (χ1n) is 16.3. The third-order valence-corrected chi connectivity index (χ3v) is 19.1. The van der Waals surface area contributed by atoms with Crippen molar-refractivity contribution in [2.75, 3.05) is 13.2 Å². The van der Waals surface area contributed by atoms with Gasteiger partial charge >= 0.3 is 0 Å². The molecule has 4 aromatic carbocycles. The summed E-state index contributed by atoms with van der Waals surface area (Å²) in [6.07, 6.45) is 3.99. The summed E-state index contributed by atoms with van der Waals surface area (Å²) in [5, 5.41) is 13.0. The molecule has 0 aliphatic rings. The van der Waals surface area contributed by atoms with Crippen molar-refractivity contribution >= 4 is 37.4 Å². The lowest BCUT2D eigenvalue weighted by Gasteiger charge is -2.44. The molecule has 4 nitrogen and oxygen atoms in total. The summed E-state index contributed by atoms with van der Waals surface area (Å²) >= 11 is 0. The summed E-state index contributed by atoms with van der Waals surface area (Å²) < 4.78 is 6.40. The van der Waals surface area contributed by atoms with Gasteiger partial charge in [0.25, 0.3) is 16.6 Å². The number of hydrogen-bond donors (Lipinski definition) is 3. The molecule has 4 aromatic rings. The molecule has 3 N–H and O–H groups in total. The molecule has 4 rings (SSSR count). The first-order valence-corrected chi connectivity index (χ1v) is 20.2. The number of ether oxygens (including phenoxy) is 1. The van der Waals surface area contributed by atoms with Gasteiger partial charge in [0.05, 0.1) is 18.8 Å². The van der Waals surface area contributed by atoms with E-state index in [9.17, 15) is 14.7 Å². The van der Waals surface area contributed by atoms with E-state index in [0.717, 1.165) is 52.9 Å². The summed E-state index contributed by atoms with van der Waals surface area (Å²) in [5.41, 5.74) is -0.488. The Bertz CT molecular complexity index is 1370. The molecule has 0 radical (unpaired) electrons. The summed E-state index contributed by atoms with van der Waals surface area (Å²) in [5.74, 6) is 0. The number of aliphatic hydroxyl groups excluding tert-OH is 1. The number of hydrogen-bond acceptors (Lipinski definition) is 4. The Kier molecular flexibility index (Phi) is 11.4. The molecule has 45 heavy (non-hydrogen) atoms. The SMILES string of the molecule is CC(C)(CCC[C@](C)(CCC(C)(C)[Si](O)(c1ccccc1)c1ccccc1)OCCO)[Si](O)(c1ccccc1)c1ccccc1. The second kappa shape index (κ2) is 14.7. The Hall–Kier alpha value is -2.85. The van der Waals surface area contributed by atoms with Gasteiger partial charge in [-0.1, -0.05) is 155 Å². The molecule has 0 amide bonds. The fourth-order valence-electron chi connectivity index (χ4n) is 7.02. The van der Waals surface area contributed by atoms with Crippen molar-refractivity contribution in [1.29, 1.82) is 0 Å². The van der Waals surface area contributed by atoms with E-state index in [1.54, 1.807) is 0 Å². The van der Waals surface area contributed by atoms with Crippen LogP contribution >= 0.6 is 0 Å². The highest BCUT2D eigenvalue weighted by molar-refractivity contribution is 6.99. The van der Waals surface area contributed by atoms with Gasteiger partial charge < -0.3 is 19.4 Å². The summed E-state index contributed by atoms with van der Waals surface area (Å²) in [6.45, 7) is 11.2. The highest BCUT2D eigenvalue weighted by Crippen LogP contribution is 2.44. The van der Waals surface area contributed by atoms with Crippen LogP contribution < -0.4 is 20.7 Å². The van der Waals surface area contributed by atoms with Crippen LogP contribution in [0.2, 0.25) is 10.1 Å². The average molecular weight is 641 g/mol. The summed E-state index contributed by atoms with van der Waals surface area (Å²) in [7, 11) is -6.26. The predicted octanol–water partition coefficient (Wildman–Crippen LogP) is 5.77. The van der Waals surface area contributed by atoms with Crippen LogP contribution in [0, 0.1) is 0 Å². The minimum atomic E-state index is -3.15. The molecule has 0 aliphatic heterocycles. The van der Waals surface area contributed by atoms with Crippen molar-refractivity contribution in [2.45, 2.75) is 82.4 Å². The summed E-state index contributed by atoms with van der Waals surface area (Å²) in [6, 6.07) is 40.7. The van der Waals surface area contributed by atoms with E-state index in [1.807, 2.05) is 72.8 Å². The zero-order valence-electron chi connectivity index (χ0n) is 27.7. The van der Waals surface area contributed by atoms with Gasteiger partial charge in [0.15, 0.2) is 0 Å². The van der Waals surface area contributed by atoms with Crippen LogP contribution in [0.15, 0.2) is 121 Å². The molecular formula is C39H52O4Si2. The highest BCUT2D eigenvalue weighted by Gasteiger charge is 2.51. The fraction of sp³-hybridized carbons (Fsp3) is 0.385. The van der Waals surface area contributed by atoms with Crippen LogP contribution in [0.4, 0.5) is 0 Å². The quantitative estimate of drug-likeness (QED) is 0.136. The van der Waals surface area contributed by atoms with Gasteiger partial charge in [0, 0.05) is 0 Å². The highest BCUT2D eigenvalue weighted by atomic mass is 28.4. The number of rotatable bonds is 16. The molecule has 0 aromatic heterocycles. The van der Waals surface area contributed by atoms with Crippen LogP contribution in [0.5, 0.6) is 0 Å². The zero-order chi connectivity index (χ0) is 32.6. The molecule has 0 unspecified atom stereocenters. The van der Waals surface area contributed by atoms with Gasteiger partial charge in [0.2, 0.25) is 0 Å². The molecule has 0 spiro atoms. The third kappa shape index (κ3) is 7.59. The fourth-order valence-corrected chi connectivity index (χ4v) is 14.5. The standard InChI is InChI=1S/C39H52O4Si2/c1-37(2,44(41,33-19-10-6-11-20-33)34-21-12-7-13-22-34)27-18-28-39(5,43-32-31-40)30-29-38(3,4)45(42,35-23-14-8-15-24-35)36-25-16-9-17-26-36/h6-17,19-26,40-42H,18,27-32H2,1-5H3/t39-/m1/s1. The van der Waals surface area contributed by atoms with E-state index >= 15 is 0 Å². The molecule has 0 bridgehead atoms. The Morgan fingerprint density at radius 1 is 0.489 bits per heavy atom. The predicted molar refractivity (Wildman–Crippen MR) is 193 cm³/mol. The van der Waals surface area contributed by atoms with Gasteiger partial charge in [-0.05, 0) is 63.4 Å². The van der Waals surface area contributed by atoms with Crippen molar-refractivity contribution in [3.8, 4) is 0 Å². The van der Waals surface area contributed by atoms with Crippen molar-refractivity contribution in [1.82, 2.24) is 0 Å². The Balaban J connectivity index is 1.56. The van der Waals surface area contributed by atoms with E-state index in [-0.39, 0.29) is 18.3 Å². The second-order valence-electron chi connectivity index (χ2n) is 14.0. The zero-order valence-corrected chi connectivity index (χ0v) is 29.7. The molecular weight excluding hydrogens is 589 g/mol. The Labute approximate surface area is 273 Å². The van der Waals surface area contributed by atoms with Crippen molar-refractivity contribution in [3.63, 3.8) is 0 Å². The van der Waals surface area contributed by atoms with E-state index in [0.29, 0.717) is 0 Å². The van der Waals surface area contributed by atoms with Crippen LogP contribution in [0.3, 0.4) is 0 Å². The van der Waals surface area contributed by atoms with Crippen molar-refractivity contribution < 1.29 is 19.4 Å². The van der Waals surface area contributed by atoms with E-state index in [4.69, 9.17) is 4.74 Å². The van der Waals surface area contributed by atoms with Gasteiger partial charge in [-0.25, -0.2) is 0 Å². The van der Waals surface area contributed by atoms with Crippen molar-refractivity contribution in [3.05, 3.63) is 121 Å². The van der Waals surface area contributed by atoms with Crippen LogP contribution in [0.25, 0.3) is 0 Å². The van der Waals surface area contributed by atoms with Crippen LogP contribution in [-0.2, 0) is 4.74 Å². The Morgan fingerprint density at radius 2 is 0.822 bits per heavy atom. The van der Waals surface area contributed by atoms with Gasteiger partial charge in [-0.3, -0.25) is 0 Å². The van der Waals surface area contributed by atoms with E-state index in [2.05, 4.69) is 83.1 Å². The van der Waals surface area contributed by atoms with Gasteiger partial charge in [-0.15, -0.1) is 0 Å². The maximum Gasteiger partial charge on any atom is 0.258 e. The first-order chi connectivity index (χ1) is 21.4. The lowest BCUT2D eigenvalue weighted by atomic mass is 9.88. The first kappa shape index (κ1) is 35.0. The minimum Gasteiger partial charge on any atom is -0.424 e. The van der Waals surface area contributed by atoms with Gasteiger partial charge in [0.1, 0.15) is 0 Å². The molecule has 0 saturated heterocycles. The average Bonchev–Trinajstić information content (AvgIpc) is 3.07. The summed E-state index contributed by atoms with van der Waals surface area (Å²) in [4.78, 5) is 25.3. The molecule has 6 heteroatoms. The maximum atomic E-state index is 12.7. The van der Waals surface area contributed by atoms with Crippen LogP contribution in [0.1, 0.15) is 66.7 Å². The molecule has 1 atom stereocenters. The normalized spacial score (nSPS) is 14.2. The monoisotopic (exact) mass is 640 g/mol. The molecule has 0 fully saturated rings. The molecule has 0 saturated carbocycles. The molecule has 0 aliphatic carbocycles. The lowest BCUT2D eigenvalue weighted by Crippen LogP contribution is -2.65. The third-order valence-electron chi connectivity index (χ3n) is 10.1. The molecule has 240 valence electrons. The smallest absolute Gasteiger partial charge is 0.258 e. The van der Waals surface area contributed by atoms with Crippen LogP contribution in [-0.4, -0.2) is 50.1 Å². The molecule has 0 heterocycles.